The van der Waals surface area contributed by atoms with E-state index in [9.17, 15) is 9.59 Å². The Hall–Kier alpha value is -0.860. The molecule has 0 unspecified atom stereocenters. The molecule has 1 aliphatic rings. The third-order valence-electron chi connectivity index (χ3n) is 2.56. The number of rotatable bonds is 2. The van der Waals surface area contributed by atoms with Crippen molar-refractivity contribution in [3.05, 3.63) is 0 Å². The molecule has 3 nitrogen and oxygen atoms in total. The number of carbonyl (C=O) groups excluding carboxylic acids is 2. The van der Waals surface area contributed by atoms with Crippen LogP contribution in [0.4, 0.5) is 0 Å². The molecule has 0 aromatic carbocycles. The summed E-state index contributed by atoms with van der Waals surface area (Å²) in [5, 5.41) is 2.73. The van der Waals surface area contributed by atoms with Gasteiger partial charge in [-0.2, -0.15) is 0 Å². The smallest absolute Gasteiger partial charge is 0.284 e. The van der Waals surface area contributed by atoms with Gasteiger partial charge in [-0.15, -0.1) is 0 Å². The fourth-order valence-electron chi connectivity index (χ4n) is 1.84. The Balaban J connectivity index is 2.28. The Morgan fingerprint density at radius 1 is 1.08 bits per heavy atom. The topological polar surface area (TPSA) is 46.2 Å². The minimum atomic E-state index is -0.467. The highest BCUT2D eigenvalue weighted by molar-refractivity contribution is 6.23. The zero-order chi connectivity index (χ0) is 9.52. The molecule has 0 aromatic heterocycles. The summed E-state index contributed by atoms with van der Waals surface area (Å²) >= 11 is 0. The van der Waals surface area contributed by atoms with E-state index in [2.05, 4.69) is 5.32 Å². The fourth-order valence-corrected chi connectivity index (χ4v) is 1.84. The van der Waals surface area contributed by atoms with Crippen molar-refractivity contribution in [2.75, 3.05) is 0 Å². The lowest BCUT2D eigenvalue weighted by molar-refractivity contribution is -0.131. The molecule has 1 rings (SSSR count). The molecule has 74 valence electrons. The maximum Gasteiger partial charge on any atom is 0.284 e. The standard InChI is InChI=1S/C10H17NO2/c12-8-10(13)11-9-6-4-2-1-3-5-7-9/h8-9H,1-7H2,(H,11,13). The van der Waals surface area contributed by atoms with Crippen LogP contribution in [0.1, 0.15) is 44.9 Å². The monoisotopic (exact) mass is 183 g/mol. The molecule has 0 bridgehead atoms. The molecule has 0 spiro atoms. The van der Waals surface area contributed by atoms with Crippen molar-refractivity contribution in [3.63, 3.8) is 0 Å². The minimum absolute atomic E-state index is 0.234. The van der Waals surface area contributed by atoms with E-state index in [1.165, 1.54) is 32.1 Å². The van der Waals surface area contributed by atoms with E-state index in [1.54, 1.807) is 0 Å². The number of aldehydes is 1. The Kier molecular flexibility index (Phi) is 4.50. The first-order valence-electron chi connectivity index (χ1n) is 5.08. The van der Waals surface area contributed by atoms with Gasteiger partial charge in [0.25, 0.3) is 5.91 Å². The minimum Gasteiger partial charge on any atom is -0.347 e. The van der Waals surface area contributed by atoms with Crippen LogP contribution in [0.3, 0.4) is 0 Å². The van der Waals surface area contributed by atoms with Gasteiger partial charge in [-0.3, -0.25) is 9.59 Å². The van der Waals surface area contributed by atoms with Crippen molar-refractivity contribution in [1.29, 1.82) is 0 Å². The van der Waals surface area contributed by atoms with Gasteiger partial charge in [-0.25, -0.2) is 0 Å². The van der Waals surface area contributed by atoms with Crippen LogP contribution < -0.4 is 5.32 Å². The van der Waals surface area contributed by atoms with E-state index in [1.807, 2.05) is 0 Å². The molecule has 1 N–H and O–H groups in total. The van der Waals surface area contributed by atoms with E-state index in [4.69, 9.17) is 0 Å². The lowest BCUT2D eigenvalue weighted by Gasteiger charge is -2.19. The number of amides is 1. The van der Waals surface area contributed by atoms with Crippen molar-refractivity contribution in [2.45, 2.75) is 51.0 Å². The molecule has 0 radical (unpaired) electrons. The summed E-state index contributed by atoms with van der Waals surface area (Å²) in [7, 11) is 0. The van der Waals surface area contributed by atoms with Crippen LogP contribution in [0.2, 0.25) is 0 Å². The summed E-state index contributed by atoms with van der Waals surface area (Å²) in [5.41, 5.74) is 0. The number of hydrogen-bond acceptors (Lipinski definition) is 2. The Labute approximate surface area is 78.9 Å². The van der Waals surface area contributed by atoms with Crippen LogP contribution >= 0.6 is 0 Å². The first kappa shape index (κ1) is 10.2. The quantitative estimate of drug-likeness (QED) is 0.519. The second-order valence-electron chi connectivity index (χ2n) is 3.67. The number of carbonyl (C=O) groups is 2. The predicted octanol–water partition coefficient (Wildman–Crippen LogP) is 1.41. The van der Waals surface area contributed by atoms with E-state index in [0.29, 0.717) is 6.29 Å². The van der Waals surface area contributed by atoms with Gasteiger partial charge in [-0.05, 0) is 12.8 Å². The van der Waals surface area contributed by atoms with E-state index in [-0.39, 0.29) is 6.04 Å². The molecule has 0 aliphatic heterocycles. The van der Waals surface area contributed by atoms with Crippen LogP contribution in [0.5, 0.6) is 0 Å². The Morgan fingerprint density at radius 3 is 2.15 bits per heavy atom. The molecule has 3 heteroatoms. The normalized spacial score (nSPS) is 20.0. The second kappa shape index (κ2) is 5.73. The molecule has 0 atom stereocenters. The summed E-state index contributed by atoms with van der Waals surface area (Å²) in [4.78, 5) is 20.9. The molecular weight excluding hydrogens is 166 g/mol. The second-order valence-corrected chi connectivity index (χ2v) is 3.67. The van der Waals surface area contributed by atoms with Crippen LogP contribution in [-0.2, 0) is 9.59 Å². The van der Waals surface area contributed by atoms with Gasteiger partial charge in [0.05, 0.1) is 0 Å². The maximum atomic E-state index is 10.8. The van der Waals surface area contributed by atoms with Crippen molar-refractivity contribution in [1.82, 2.24) is 5.32 Å². The van der Waals surface area contributed by atoms with Gasteiger partial charge < -0.3 is 5.32 Å². The fraction of sp³-hybridized carbons (Fsp3) is 0.800. The Morgan fingerprint density at radius 2 is 1.62 bits per heavy atom. The number of nitrogens with one attached hydrogen (secondary N) is 1. The van der Waals surface area contributed by atoms with E-state index >= 15 is 0 Å². The number of hydrogen-bond donors (Lipinski definition) is 1. The lowest BCUT2D eigenvalue weighted by atomic mass is 9.97. The van der Waals surface area contributed by atoms with Gasteiger partial charge >= 0.3 is 0 Å². The summed E-state index contributed by atoms with van der Waals surface area (Å²) in [6.07, 6.45) is 8.58. The van der Waals surface area contributed by atoms with Gasteiger partial charge in [0.15, 0.2) is 0 Å². The van der Waals surface area contributed by atoms with Crippen molar-refractivity contribution in [3.8, 4) is 0 Å². The molecule has 1 amide bonds. The molecule has 0 heterocycles. The zero-order valence-electron chi connectivity index (χ0n) is 7.92. The highest BCUT2D eigenvalue weighted by atomic mass is 16.2. The van der Waals surface area contributed by atoms with E-state index < -0.39 is 5.91 Å². The van der Waals surface area contributed by atoms with Crippen LogP contribution in [0, 0.1) is 0 Å². The predicted molar refractivity (Wildman–Crippen MR) is 50.3 cm³/mol. The van der Waals surface area contributed by atoms with Crippen LogP contribution in [0.15, 0.2) is 0 Å². The van der Waals surface area contributed by atoms with Gasteiger partial charge in [0, 0.05) is 6.04 Å². The third-order valence-corrected chi connectivity index (χ3v) is 2.56. The average molecular weight is 183 g/mol. The van der Waals surface area contributed by atoms with Gasteiger partial charge in [0.2, 0.25) is 6.29 Å². The summed E-state index contributed by atoms with van der Waals surface area (Å²) in [6, 6.07) is 0.234. The van der Waals surface area contributed by atoms with E-state index in [0.717, 1.165) is 12.8 Å². The highest BCUT2D eigenvalue weighted by Crippen LogP contribution is 2.16. The highest BCUT2D eigenvalue weighted by Gasteiger charge is 2.12. The lowest BCUT2D eigenvalue weighted by Crippen LogP contribution is -2.35. The summed E-state index contributed by atoms with van der Waals surface area (Å²) < 4.78 is 0. The molecule has 1 fully saturated rings. The van der Waals surface area contributed by atoms with Gasteiger partial charge in [-0.1, -0.05) is 32.1 Å². The van der Waals surface area contributed by atoms with Crippen molar-refractivity contribution >= 4 is 12.2 Å². The SMILES string of the molecule is O=CC(=O)NC1CCCCCCC1. The molecule has 0 aromatic rings. The van der Waals surface area contributed by atoms with Crippen molar-refractivity contribution in [2.24, 2.45) is 0 Å². The molecule has 0 saturated heterocycles. The first-order chi connectivity index (χ1) is 6.33. The molecular formula is C10H17NO2. The summed E-state index contributed by atoms with van der Waals surface area (Å²) in [6.45, 7) is 0. The summed E-state index contributed by atoms with van der Waals surface area (Å²) in [5.74, 6) is -0.467. The Bertz CT molecular complexity index is 172. The molecule has 1 aliphatic carbocycles. The average Bonchev–Trinajstić information content (AvgIpc) is 2.09. The molecule has 13 heavy (non-hydrogen) atoms. The molecule has 1 saturated carbocycles. The maximum absolute atomic E-state index is 10.8. The largest absolute Gasteiger partial charge is 0.347 e. The first-order valence-corrected chi connectivity index (χ1v) is 5.08. The van der Waals surface area contributed by atoms with Crippen LogP contribution in [-0.4, -0.2) is 18.2 Å². The van der Waals surface area contributed by atoms with Gasteiger partial charge in [0.1, 0.15) is 0 Å². The zero-order valence-corrected chi connectivity index (χ0v) is 7.92. The van der Waals surface area contributed by atoms with Crippen LogP contribution in [0.25, 0.3) is 0 Å². The third kappa shape index (κ3) is 4.06. The van der Waals surface area contributed by atoms with Crippen molar-refractivity contribution < 1.29 is 9.59 Å².